The maximum atomic E-state index is 4.54. The Morgan fingerprint density at radius 3 is 2.50 bits per heavy atom. The molecule has 1 aliphatic carbocycles. The predicted molar refractivity (Wildman–Crippen MR) is 68.0 cm³/mol. The normalized spacial score (nSPS) is 24.6. The molecule has 2 heterocycles. The third-order valence-corrected chi connectivity index (χ3v) is 5.18. The molecule has 0 radical (unpaired) electrons. The molecule has 0 unspecified atom stereocenters. The first-order valence-corrected chi connectivity index (χ1v) is 7.31. The molecule has 1 aliphatic heterocycles. The van der Waals surface area contributed by atoms with Crippen molar-refractivity contribution >= 4 is 11.3 Å². The lowest BCUT2D eigenvalue weighted by Crippen LogP contribution is -2.44. The lowest BCUT2D eigenvalue weighted by atomic mass is 9.88. The Morgan fingerprint density at radius 1 is 1.25 bits per heavy atom. The smallest absolute Gasteiger partial charge is 0.0959 e. The summed E-state index contributed by atoms with van der Waals surface area (Å²) in [6, 6.07) is 0.930. The van der Waals surface area contributed by atoms with Crippen molar-refractivity contribution in [3.8, 4) is 0 Å². The van der Waals surface area contributed by atoms with E-state index in [1.807, 2.05) is 17.5 Å². The van der Waals surface area contributed by atoms with E-state index < -0.39 is 0 Å². The van der Waals surface area contributed by atoms with Gasteiger partial charge in [-0.15, -0.1) is 11.3 Å². The molecule has 0 spiro atoms. The predicted octanol–water partition coefficient (Wildman–Crippen LogP) is 3.18. The number of likely N-dealkylation sites (tertiary alicyclic amines) is 1. The first-order valence-electron chi connectivity index (χ1n) is 6.49. The molecular weight excluding hydrogens is 216 g/mol. The van der Waals surface area contributed by atoms with Crippen LogP contribution in [0, 0.1) is 6.92 Å². The van der Waals surface area contributed by atoms with Gasteiger partial charge in [-0.1, -0.05) is 6.42 Å². The molecule has 1 aromatic heterocycles. The summed E-state index contributed by atoms with van der Waals surface area (Å²) in [6.45, 7) is 4.76. The third-order valence-electron chi connectivity index (χ3n) is 4.11. The Morgan fingerprint density at radius 2 is 2.00 bits per heavy atom. The average molecular weight is 236 g/mol. The molecule has 1 saturated heterocycles. The molecule has 1 saturated carbocycles. The number of thiazole rings is 1. The Labute approximate surface area is 102 Å². The van der Waals surface area contributed by atoms with Gasteiger partial charge >= 0.3 is 0 Å². The highest BCUT2D eigenvalue weighted by Gasteiger charge is 2.29. The van der Waals surface area contributed by atoms with Crippen LogP contribution in [0.15, 0.2) is 6.20 Å². The summed E-state index contributed by atoms with van der Waals surface area (Å²) in [5.41, 5.74) is 0. The number of aromatic nitrogens is 1. The Hall–Kier alpha value is -0.410. The van der Waals surface area contributed by atoms with Gasteiger partial charge in [-0.3, -0.25) is 0 Å². The molecule has 0 amide bonds. The molecule has 2 fully saturated rings. The van der Waals surface area contributed by atoms with E-state index in [2.05, 4.69) is 16.8 Å². The van der Waals surface area contributed by atoms with E-state index in [9.17, 15) is 0 Å². The lowest BCUT2D eigenvalue weighted by Gasteiger charge is -2.41. The van der Waals surface area contributed by atoms with Crippen LogP contribution in [-0.2, 0) is 0 Å². The van der Waals surface area contributed by atoms with Crippen molar-refractivity contribution < 1.29 is 0 Å². The molecule has 2 aliphatic rings. The van der Waals surface area contributed by atoms with Crippen LogP contribution in [0.3, 0.4) is 0 Å². The summed E-state index contributed by atoms with van der Waals surface area (Å²) in [6.07, 6.45) is 9.02. The number of piperidine rings is 1. The maximum absolute atomic E-state index is 4.54. The molecule has 3 heteroatoms. The van der Waals surface area contributed by atoms with Gasteiger partial charge in [0.25, 0.3) is 0 Å². The van der Waals surface area contributed by atoms with Crippen LogP contribution in [0.4, 0.5) is 0 Å². The van der Waals surface area contributed by atoms with Crippen LogP contribution in [-0.4, -0.2) is 29.0 Å². The molecule has 88 valence electrons. The first kappa shape index (κ1) is 10.7. The summed E-state index contributed by atoms with van der Waals surface area (Å²) < 4.78 is 0. The highest BCUT2D eigenvalue weighted by Crippen LogP contribution is 2.34. The van der Waals surface area contributed by atoms with Gasteiger partial charge in [0.2, 0.25) is 0 Å². The molecule has 16 heavy (non-hydrogen) atoms. The van der Waals surface area contributed by atoms with E-state index >= 15 is 0 Å². The van der Waals surface area contributed by atoms with Crippen molar-refractivity contribution in [2.45, 2.75) is 51.0 Å². The van der Waals surface area contributed by atoms with Crippen LogP contribution in [0.1, 0.15) is 47.9 Å². The van der Waals surface area contributed by atoms with Crippen molar-refractivity contribution in [2.75, 3.05) is 13.1 Å². The van der Waals surface area contributed by atoms with Gasteiger partial charge in [-0.05, 0) is 45.7 Å². The molecule has 0 bridgehead atoms. The third kappa shape index (κ3) is 2.03. The van der Waals surface area contributed by atoms with E-state index in [4.69, 9.17) is 0 Å². The molecule has 1 aromatic rings. The first-order chi connectivity index (χ1) is 7.83. The quantitative estimate of drug-likeness (QED) is 0.784. The van der Waals surface area contributed by atoms with Gasteiger partial charge in [0.1, 0.15) is 0 Å². The van der Waals surface area contributed by atoms with Gasteiger partial charge < -0.3 is 4.90 Å². The van der Waals surface area contributed by atoms with E-state index in [0.29, 0.717) is 0 Å². The van der Waals surface area contributed by atoms with Crippen LogP contribution in [0.2, 0.25) is 0 Å². The molecular formula is C13H20N2S. The van der Waals surface area contributed by atoms with Crippen LogP contribution >= 0.6 is 11.3 Å². The van der Waals surface area contributed by atoms with Gasteiger partial charge in [0.15, 0.2) is 0 Å². The molecule has 3 rings (SSSR count). The second-order valence-corrected chi connectivity index (χ2v) is 6.47. The van der Waals surface area contributed by atoms with Crippen LogP contribution in [0.5, 0.6) is 0 Å². The van der Waals surface area contributed by atoms with Crippen molar-refractivity contribution in [1.82, 2.24) is 9.88 Å². The van der Waals surface area contributed by atoms with Crippen molar-refractivity contribution in [3.63, 3.8) is 0 Å². The zero-order chi connectivity index (χ0) is 11.0. The standard InChI is InChI=1S/C13H20N2S/c1-10-9-14-13(16-10)11-5-7-15(8-6-11)12-3-2-4-12/h9,11-12H,2-8H2,1H3. The second kappa shape index (κ2) is 4.46. The van der Waals surface area contributed by atoms with E-state index in [1.54, 1.807) is 0 Å². The number of rotatable bonds is 2. The molecule has 0 atom stereocenters. The van der Waals surface area contributed by atoms with Gasteiger partial charge in [0, 0.05) is 23.0 Å². The maximum Gasteiger partial charge on any atom is 0.0959 e. The minimum atomic E-state index is 0.745. The summed E-state index contributed by atoms with van der Waals surface area (Å²) in [5.74, 6) is 0.745. The SMILES string of the molecule is Cc1cnc(C2CCN(C3CCC3)CC2)s1. The van der Waals surface area contributed by atoms with E-state index in [1.165, 1.54) is 55.1 Å². The average Bonchev–Trinajstić information content (AvgIpc) is 2.63. The van der Waals surface area contributed by atoms with Gasteiger partial charge in [0.05, 0.1) is 5.01 Å². The minimum absolute atomic E-state index is 0.745. The highest BCUT2D eigenvalue weighted by atomic mass is 32.1. The number of hydrogen-bond acceptors (Lipinski definition) is 3. The summed E-state index contributed by atoms with van der Waals surface area (Å²) in [7, 11) is 0. The number of aryl methyl sites for hydroxylation is 1. The fourth-order valence-electron chi connectivity index (χ4n) is 2.82. The Kier molecular flexibility index (Phi) is 2.99. The second-order valence-electron chi connectivity index (χ2n) is 5.20. The van der Waals surface area contributed by atoms with Crippen molar-refractivity contribution in [2.24, 2.45) is 0 Å². The zero-order valence-corrected chi connectivity index (χ0v) is 10.8. The fraction of sp³-hybridized carbons (Fsp3) is 0.769. The minimum Gasteiger partial charge on any atom is -0.300 e. The van der Waals surface area contributed by atoms with E-state index in [0.717, 1.165) is 12.0 Å². The largest absolute Gasteiger partial charge is 0.300 e. The van der Waals surface area contributed by atoms with Gasteiger partial charge in [-0.2, -0.15) is 0 Å². The Balaban J connectivity index is 1.57. The molecule has 2 nitrogen and oxygen atoms in total. The zero-order valence-electron chi connectivity index (χ0n) is 9.98. The monoisotopic (exact) mass is 236 g/mol. The van der Waals surface area contributed by atoms with Crippen LogP contribution in [0.25, 0.3) is 0 Å². The van der Waals surface area contributed by atoms with Crippen LogP contribution < -0.4 is 0 Å². The highest BCUT2D eigenvalue weighted by molar-refractivity contribution is 7.11. The van der Waals surface area contributed by atoms with Crippen molar-refractivity contribution in [3.05, 3.63) is 16.1 Å². The lowest BCUT2D eigenvalue weighted by molar-refractivity contribution is 0.0975. The Bertz CT molecular complexity index is 349. The number of hydrogen-bond donors (Lipinski definition) is 0. The summed E-state index contributed by atoms with van der Waals surface area (Å²) in [5, 5.41) is 1.38. The van der Waals surface area contributed by atoms with Crippen molar-refractivity contribution in [1.29, 1.82) is 0 Å². The fourth-order valence-corrected chi connectivity index (χ4v) is 3.77. The van der Waals surface area contributed by atoms with E-state index in [-0.39, 0.29) is 0 Å². The van der Waals surface area contributed by atoms with Gasteiger partial charge in [-0.25, -0.2) is 4.98 Å². The summed E-state index contributed by atoms with van der Waals surface area (Å²) in [4.78, 5) is 8.61. The molecule has 0 N–H and O–H groups in total. The summed E-state index contributed by atoms with van der Waals surface area (Å²) >= 11 is 1.89. The number of nitrogens with zero attached hydrogens (tertiary/aromatic N) is 2. The molecule has 0 aromatic carbocycles. The topological polar surface area (TPSA) is 16.1 Å².